The Bertz CT molecular complexity index is 822. The van der Waals surface area contributed by atoms with Gasteiger partial charge in [-0.15, -0.1) is 0 Å². The van der Waals surface area contributed by atoms with Gasteiger partial charge in [0, 0.05) is 5.56 Å². The first-order valence-corrected chi connectivity index (χ1v) is 9.26. The summed E-state index contributed by atoms with van der Waals surface area (Å²) < 4.78 is 21.0. The fraction of sp³-hybridized carbons (Fsp3) is 0.364. The largest absolute Gasteiger partial charge is 0.493 e. The van der Waals surface area contributed by atoms with Crippen LogP contribution in [-0.4, -0.2) is 39.8 Å². The maximum atomic E-state index is 13.0. The summed E-state index contributed by atoms with van der Waals surface area (Å²) in [6, 6.07) is 10.2. The van der Waals surface area contributed by atoms with Crippen LogP contribution in [-0.2, 0) is 9.53 Å². The zero-order chi connectivity index (χ0) is 21.4. The number of aryl methyl sites for hydroxylation is 1. The second-order valence-electron chi connectivity index (χ2n) is 6.36. The van der Waals surface area contributed by atoms with Crippen LogP contribution < -0.4 is 19.5 Å². The molecule has 0 saturated heterocycles. The maximum Gasteiger partial charge on any atom is 0.308 e. The van der Waals surface area contributed by atoms with E-state index in [1.54, 1.807) is 19.1 Å². The van der Waals surface area contributed by atoms with E-state index in [9.17, 15) is 9.59 Å². The van der Waals surface area contributed by atoms with Gasteiger partial charge < -0.3 is 24.3 Å². The summed E-state index contributed by atoms with van der Waals surface area (Å²) in [7, 11) is 4.45. The van der Waals surface area contributed by atoms with Crippen LogP contribution in [0.1, 0.15) is 40.9 Å². The van der Waals surface area contributed by atoms with Gasteiger partial charge in [-0.3, -0.25) is 9.59 Å². The third-order valence-electron chi connectivity index (χ3n) is 4.39. The second kappa shape index (κ2) is 10.4. The number of hydrogen-bond acceptors (Lipinski definition) is 6. The molecule has 0 spiro atoms. The normalized spacial score (nSPS) is 11.3. The van der Waals surface area contributed by atoms with Gasteiger partial charge in [-0.2, -0.15) is 0 Å². The summed E-state index contributed by atoms with van der Waals surface area (Å²) in [6.07, 6.45) is 0.0209. The molecule has 7 nitrogen and oxygen atoms in total. The van der Waals surface area contributed by atoms with E-state index < -0.39 is 6.04 Å². The molecule has 0 radical (unpaired) electrons. The van der Waals surface area contributed by atoms with Crippen LogP contribution in [0.5, 0.6) is 17.2 Å². The standard InChI is InChI=1S/C22H27NO6/c1-6-29-20(24)13-17(15-9-7-14(2)8-10-15)23-22(25)16-11-18(26-3)21(28-5)19(12-16)27-4/h7-12,17H,6,13H2,1-5H3,(H,23,25)/t17-/m1/s1. The first-order chi connectivity index (χ1) is 13.9. The topological polar surface area (TPSA) is 83.1 Å². The number of methoxy groups -OCH3 is 3. The molecule has 0 aliphatic heterocycles. The average Bonchev–Trinajstić information content (AvgIpc) is 2.72. The lowest BCUT2D eigenvalue weighted by molar-refractivity contribution is -0.143. The van der Waals surface area contributed by atoms with Gasteiger partial charge in [0.05, 0.1) is 40.4 Å². The maximum absolute atomic E-state index is 13.0. The summed E-state index contributed by atoms with van der Waals surface area (Å²) >= 11 is 0. The number of carbonyl (C=O) groups excluding carboxylic acids is 2. The second-order valence-corrected chi connectivity index (χ2v) is 6.36. The van der Waals surface area contributed by atoms with Gasteiger partial charge in [-0.25, -0.2) is 0 Å². The van der Waals surface area contributed by atoms with Crippen molar-refractivity contribution in [3.8, 4) is 17.2 Å². The van der Waals surface area contributed by atoms with Crippen molar-refractivity contribution < 1.29 is 28.5 Å². The molecule has 29 heavy (non-hydrogen) atoms. The van der Waals surface area contributed by atoms with E-state index in [0.717, 1.165) is 11.1 Å². The Kier molecular flexibility index (Phi) is 7.88. The molecule has 0 aromatic heterocycles. The van der Waals surface area contributed by atoms with Gasteiger partial charge in [0.2, 0.25) is 5.75 Å². The molecule has 0 saturated carbocycles. The Morgan fingerprint density at radius 2 is 1.55 bits per heavy atom. The van der Waals surface area contributed by atoms with Gasteiger partial charge in [0.25, 0.3) is 5.91 Å². The Morgan fingerprint density at radius 1 is 0.966 bits per heavy atom. The first kappa shape index (κ1) is 22.1. The Labute approximate surface area is 170 Å². The number of benzene rings is 2. The molecule has 0 unspecified atom stereocenters. The molecule has 2 aromatic carbocycles. The monoisotopic (exact) mass is 401 g/mol. The summed E-state index contributed by atoms with van der Waals surface area (Å²) in [5.41, 5.74) is 2.21. The Balaban J connectivity index is 2.33. The molecule has 0 aliphatic rings. The van der Waals surface area contributed by atoms with Crippen LogP contribution >= 0.6 is 0 Å². The predicted octanol–water partition coefficient (Wildman–Crippen LogP) is 3.45. The number of esters is 1. The highest BCUT2D eigenvalue weighted by Crippen LogP contribution is 2.38. The van der Waals surface area contributed by atoms with Crippen LogP contribution in [0.25, 0.3) is 0 Å². The van der Waals surface area contributed by atoms with Crippen LogP contribution in [0.2, 0.25) is 0 Å². The van der Waals surface area contributed by atoms with Crippen LogP contribution in [0, 0.1) is 6.92 Å². The molecule has 1 N–H and O–H groups in total. The van der Waals surface area contributed by atoms with Crippen molar-refractivity contribution in [2.45, 2.75) is 26.3 Å². The lowest BCUT2D eigenvalue weighted by Crippen LogP contribution is -2.30. The van der Waals surface area contributed by atoms with E-state index >= 15 is 0 Å². The number of nitrogens with one attached hydrogen (secondary N) is 1. The van der Waals surface area contributed by atoms with E-state index in [4.69, 9.17) is 18.9 Å². The van der Waals surface area contributed by atoms with E-state index in [2.05, 4.69) is 5.32 Å². The van der Waals surface area contributed by atoms with Gasteiger partial charge in [0.15, 0.2) is 11.5 Å². The summed E-state index contributed by atoms with van der Waals surface area (Å²) in [6.45, 7) is 3.99. The number of carbonyl (C=O) groups is 2. The van der Waals surface area contributed by atoms with E-state index in [1.165, 1.54) is 21.3 Å². The molecule has 156 valence electrons. The lowest BCUT2D eigenvalue weighted by Gasteiger charge is -2.20. The zero-order valence-electron chi connectivity index (χ0n) is 17.4. The third kappa shape index (κ3) is 5.63. The zero-order valence-corrected chi connectivity index (χ0v) is 17.4. The predicted molar refractivity (Wildman–Crippen MR) is 109 cm³/mol. The highest BCUT2D eigenvalue weighted by atomic mass is 16.5. The summed E-state index contributed by atoms with van der Waals surface area (Å²) in [5.74, 6) is 0.374. The smallest absolute Gasteiger partial charge is 0.308 e. The Morgan fingerprint density at radius 3 is 2.03 bits per heavy atom. The molecule has 0 fully saturated rings. The minimum Gasteiger partial charge on any atom is -0.493 e. The molecule has 0 bridgehead atoms. The number of ether oxygens (including phenoxy) is 4. The van der Waals surface area contributed by atoms with E-state index in [-0.39, 0.29) is 24.9 Å². The quantitative estimate of drug-likeness (QED) is 0.648. The molecule has 1 amide bonds. The number of amides is 1. The fourth-order valence-electron chi connectivity index (χ4n) is 2.89. The minimum atomic E-state index is -0.541. The number of rotatable bonds is 9. The molecular formula is C22H27NO6. The van der Waals surface area contributed by atoms with Crippen molar-refractivity contribution in [3.05, 3.63) is 53.1 Å². The van der Waals surface area contributed by atoms with Crippen LogP contribution in [0.3, 0.4) is 0 Å². The highest BCUT2D eigenvalue weighted by Gasteiger charge is 2.22. The summed E-state index contributed by atoms with van der Waals surface area (Å²) in [5, 5.41) is 2.91. The lowest BCUT2D eigenvalue weighted by atomic mass is 10.0. The van der Waals surface area contributed by atoms with E-state index in [1.807, 2.05) is 31.2 Å². The molecule has 2 aromatic rings. The minimum absolute atomic E-state index is 0.0209. The molecule has 0 heterocycles. The van der Waals surface area contributed by atoms with Gasteiger partial charge in [0.1, 0.15) is 0 Å². The molecule has 0 aliphatic carbocycles. The SMILES string of the molecule is CCOC(=O)C[C@@H](NC(=O)c1cc(OC)c(OC)c(OC)c1)c1ccc(C)cc1. The fourth-order valence-corrected chi connectivity index (χ4v) is 2.89. The summed E-state index contributed by atoms with van der Waals surface area (Å²) in [4.78, 5) is 25.0. The number of hydrogen-bond donors (Lipinski definition) is 1. The average molecular weight is 401 g/mol. The van der Waals surface area contributed by atoms with Crippen molar-refractivity contribution in [2.24, 2.45) is 0 Å². The van der Waals surface area contributed by atoms with Crippen LogP contribution in [0.15, 0.2) is 36.4 Å². The van der Waals surface area contributed by atoms with Crippen molar-refractivity contribution in [1.29, 1.82) is 0 Å². The van der Waals surface area contributed by atoms with E-state index in [0.29, 0.717) is 22.8 Å². The van der Waals surface area contributed by atoms with Gasteiger partial charge in [-0.05, 0) is 31.5 Å². The van der Waals surface area contributed by atoms with Crippen molar-refractivity contribution in [1.82, 2.24) is 5.32 Å². The third-order valence-corrected chi connectivity index (χ3v) is 4.39. The van der Waals surface area contributed by atoms with Crippen LogP contribution in [0.4, 0.5) is 0 Å². The highest BCUT2D eigenvalue weighted by molar-refractivity contribution is 5.96. The van der Waals surface area contributed by atoms with Crippen molar-refractivity contribution in [3.63, 3.8) is 0 Å². The molecule has 1 atom stereocenters. The van der Waals surface area contributed by atoms with Crippen molar-refractivity contribution >= 4 is 11.9 Å². The molecular weight excluding hydrogens is 374 g/mol. The first-order valence-electron chi connectivity index (χ1n) is 9.26. The molecule has 7 heteroatoms. The Hall–Kier alpha value is -3.22. The molecule has 2 rings (SSSR count). The van der Waals surface area contributed by atoms with Crippen molar-refractivity contribution in [2.75, 3.05) is 27.9 Å². The van der Waals surface area contributed by atoms with Gasteiger partial charge in [-0.1, -0.05) is 29.8 Å². The van der Waals surface area contributed by atoms with Gasteiger partial charge >= 0.3 is 5.97 Å².